The number of ether oxygens (including phenoxy) is 4. The predicted octanol–water partition coefficient (Wildman–Crippen LogP) is 5.58. The highest BCUT2D eigenvalue weighted by molar-refractivity contribution is 6.94. The van der Waals surface area contributed by atoms with E-state index in [0.717, 1.165) is 16.1 Å². The average Bonchev–Trinajstić information content (AvgIpc) is 3.36. The molecule has 0 saturated heterocycles. The number of cyclic esters (lactones) is 1. The third-order valence-electron chi connectivity index (χ3n) is 9.90. The van der Waals surface area contributed by atoms with Crippen LogP contribution in [-0.2, 0) is 47.3 Å². The number of pyridine rings is 2. The Bertz CT molecular complexity index is 1970. The molecule has 1 atom stereocenters. The molecule has 0 spiro atoms. The third kappa shape index (κ3) is 6.67. The molecule has 5 rings (SSSR count). The van der Waals surface area contributed by atoms with Crippen molar-refractivity contribution in [1.29, 1.82) is 0 Å². The first-order valence-corrected chi connectivity index (χ1v) is 20.0. The summed E-state index contributed by atoms with van der Waals surface area (Å²) in [7, 11) is -2.33. The number of nitrogens with zero attached hydrogens (tertiary/aromatic N) is 2. The molecule has 13 heteroatoms. The van der Waals surface area contributed by atoms with Gasteiger partial charge >= 0.3 is 24.0 Å². The Morgan fingerprint density at radius 3 is 2.38 bits per heavy atom. The fourth-order valence-electron chi connectivity index (χ4n) is 6.52. The second-order valence-corrected chi connectivity index (χ2v) is 20.8. The topological polar surface area (TPSA) is 152 Å². The predicted molar refractivity (Wildman–Crippen MR) is 190 cm³/mol. The van der Waals surface area contributed by atoms with Crippen molar-refractivity contribution in [3.8, 4) is 17.1 Å². The zero-order valence-corrected chi connectivity index (χ0v) is 31.6. The summed E-state index contributed by atoms with van der Waals surface area (Å²) < 4.78 is 23.8. The van der Waals surface area contributed by atoms with Gasteiger partial charge in [-0.25, -0.2) is 14.6 Å². The van der Waals surface area contributed by atoms with Crippen LogP contribution in [0.3, 0.4) is 0 Å². The molecule has 3 aromatic rings. The molecular formula is C37H47N3O9Si. The van der Waals surface area contributed by atoms with E-state index in [1.54, 1.807) is 44.4 Å². The molecule has 1 aromatic carbocycles. The minimum Gasteiger partial charge on any atom is -0.457 e. The van der Waals surface area contributed by atoms with E-state index in [2.05, 4.69) is 39.2 Å². The van der Waals surface area contributed by atoms with Gasteiger partial charge in [0.1, 0.15) is 18.0 Å². The number of hydrogen-bond donors (Lipinski definition) is 1. The van der Waals surface area contributed by atoms with Crippen LogP contribution in [0, 0.1) is 0 Å². The molecule has 2 aromatic heterocycles. The molecule has 2 aliphatic heterocycles. The molecule has 50 heavy (non-hydrogen) atoms. The van der Waals surface area contributed by atoms with Gasteiger partial charge in [-0.15, -0.1) is 0 Å². The molecule has 0 bridgehead atoms. The van der Waals surface area contributed by atoms with Gasteiger partial charge in [0.15, 0.2) is 0 Å². The highest BCUT2D eigenvalue weighted by atomic mass is 28.3. The van der Waals surface area contributed by atoms with Crippen LogP contribution in [0.25, 0.3) is 22.3 Å². The molecule has 0 radical (unpaired) electrons. The summed E-state index contributed by atoms with van der Waals surface area (Å²) in [6.07, 6.45) is -0.411. The third-order valence-corrected chi connectivity index (χ3v) is 15.5. The maximum Gasteiger partial charge on any atom is 0.407 e. The van der Waals surface area contributed by atoms with E-state index in [4.69, 9.17) is 23.9 Å². The minimum atomic E-state index is -2.33. The molecule has 0 fully saturated rings. The van der Waals surface area contributed by atoms with Crippen LogP contribution in [0.15, 0.2) is 29.1 Å². The summed E-state index contributed by atoms with van der Waals surface area (Å²) in [4.78, 5) is 69.9. The van der Waals surface area contributed by atoms with Gasteiger partial charge in [-0.3, -0.25) is 14.4 Å². The number of hydrogen-bond acceptors (Lipinski definition) is 10. The average molecular weight is 706 g/mol. The number of esters is 3. The van der Waals surface area contributed by atoms with E-state index in [1.165, 1.54) is 6.92 Å². The Morgan fingerprint density at radius 2 is 1.76 bits per heavy atom. The van der Waals surface area contributed by atoms with E-state index in [0.29, 0.717) is 28.2 Å². The number of fused-ring (bicyclic) bond motifs is 5. The molecule has 4 heterocycles. The fraction of sp³-hybridized carbons (Fsp3) is 0.514. The molecule has 268 valence electrons. The van der Waals surface area contributed by atoms with Crippen LogP contribution in [0.4, 0.5) is 4.79 Å². The number of rotatable bonds is 8. The van der Waals surface area contributed by atoms with Gasteiger partial charge in [-0.05, 0) is 73.7 Å². The van der Waals surface area contributed by atoms with E-state index in [9.17, 15) is 24.0 Å². The summed E-state index contributed by atoms with van der Waals surface area (Å²) >= 11 is 0. The van der Waals surface area contributed by atoms with Crippen molar-refractivity contribution in [3.05, 3.63) is 51.3 Å². The highest BCUT2D eigenvalue weighted by Crippen LogP contribution is 2.44. The second kappa shape index (κ2) is 13.0. The first-order chi connectivity index (χ1) is 23.2. The summed E-state index contributed by atoms with van der Waals surface area (Å²) in [5, 5.41) is 4.49. The first kappa shape index (κ1) is 36.7. The van der Waals surface area contributed by atoms with Gasteiger partial charge in [0.05, 0.1) is 37.1 Å². The van der Waals surface area contributed by atoms with Crippen LogP contribution in [-0.4, -0.2) is 53.8 Å². The van der Waals surface area contributed by atoms with Crippen LogP contribution in [0.1, 0.15) is 91.3 Å². The Balaban J connectivity index is 1.58. The second-order valence-electron chi connectivity index (χ2n) is 15.5. The smallest absolute Gasteiger partial charge is 0.407 e. The van der Waals surface area contributed by atoms with Crippen LogP contribution in [0.2, 0.25) is 18.1 Å². The Hall–Kier alpha value is -4.52. The van der Waals surface area contributed by atoms with Gasteiger partial charge in [0.2, 0.25) is 5.60 Å². The minimum absolute atomic E-state index is 0.0375. The number of benzene rings is 1. The number of alkyl carbamates (subject to hydrolysis) is 1. The van der Waals surface area contributed by atoms with Crippen molar-refractivity contribution in [1.82, 2.24) is 14.9 Å². The van der Waals surface area contributed by atoms with Crippen LogP contribution < -0.4 is 20.8 Å². The molecule has 2 aliphatic rings. The van der Waals surface area contributed by atoms with Crippen molar-refractivity contribution in [2.45, 2.75) is 117 Å². The summed E-state index contributed by atoms with van der Waals surface area (Å²) in [6.45, 7) is 19.7. The van der Waals surface area contributed by atoms with E-state index in [-0.39, 0.29) is 55.1 Å². The lowest BCUT2D eigenvalue weighted by atomic mass is 9.85. The SMILES string of the molecule is CCC1(OC(=O)CCCNC(=O)OC(C)(C)C)C(=O)OCc2c1cc1n(c2=O)Cc2c-1nc1ccc(OC(C)=O)cc1c2[Si](C)(C)C(C)(C)C. The Labute approximate surface area is 292 Å². The molecule has 1 amide bonds. The Kier molecular flexibility index (Phi) is 9.54. The van der Waals surface area contributed by atoms with Crippen molar-refractivity contribution in [2.75, 3.05) is 6.54 Å². The quantitative estimate of drug-likeness (QED) is 0.0809. The lowest BCUT2D eigenvalue weighted by molar-refractivity contribution is -0.189. The summed E-state index contributed by atoms with van der Waals surface area (Å²) in [5.74, 6) is -1.43. The van der Waals surface area contributed by atoms with E-state index in [1.807, 2.05) is 12.1 Å². The van der Waals surface area contributed by atoms with Crippen LogP contribution in [0.5, 0.6) is 5.75 Å². The molecule has 1 unspecified atom stereocenters. The largest absolute Gasteiger partial charge is 0.457 e. The zero-order valence-electron chi connectivity index (χ0n) is 30.6. The molecule has 12 nitrogen and oxygen atoms in total. The van der Waals surface area contributed by atoms with Crippen molar-refractivity contribution < 1.29 is 38.1 Å². The van der Waals surface area contributed by atoms with Crippen molar-refractivity contribution in [3.63, 3.8) is 0 Å². The number of amides is 1. The first-order valence-electron chi connectivity index (χ1n) is 17.0. The maximum atomic E-state index is 14.3. The van der Waals surface area contributed by atoms with Gasteiger partial charge in [0.25, 0.3) is 5.56 Å². The van der Waals surface area contributed by atoms with Gasteiger partial charge in [-0.2, -0.15) is 0 Å². The number of nitrogens with one attached hydrogen (secondary N) is 1. The van der Waals surface area contributed by atoms with Crippen molar-refractivity contribution >= 4 is 48.2 Å². The van der Waals surface area contributed by atoms with Crippen LogP contribution >= 0.6 is 0 Å². The van der Waals surface area contributed by atoms with Gasteiger partial charge in [0, 0.05) is 30.8 Å². The van der Waals surface area contributed by atoms with Gasteiger partial charge in [-0.1, -0.05) is 40.8 Å². The molecule has 0 aliphatic carbocycles. The van der Waals surface area contributed by atoms with E-state index < -0.39 is 43.3 Å². The molecular weight excluding hydrogens is 659 g/mol. The monoisotopic (exact) mass is 705 g/mol. The highest BCUT2D eigenvalue weighted by Gasteiger charge is 2.51. The summed E-state index contributed by atoms with van der Waals surface area (Å²) in [6, 6.07) is 7.13. The normalized spacial score (nSPS) is 17.0. The zero-order chi connectivity index (χ0) is 37.0. The Morgan fingerprint density at radius 1 is 1.06 bits per heavy atom. The number of carbonyl (C=O) groups is 4. The standard InChI is InChI=1S/C37H47N3O9Si/c1-11-37(48-29(42)13-12-16-38-34(45)49-35(3,4)5)26-18-28-30-24(19-40(28)32(43)25(26)20-46-33(37)44)31(50(9,10)36(6,7)8)23-17-22(47-21(2)41)14-15-27(23)39-30/h14-15,17-18H,11-13,16,19-20H2,1-10H3,(H,38,45). The van der Waals surface area contributed by atoms with E-state index >= 15 is 0 Å². The molecule has 0 saturated carbocycles. The molecule has 1 N–H and O–H groups in total. The number of carbonyl (C=O) groups excluding carboxylic acids is 4. The maximum absolute atomic E-state index is 14.3. The number of aromatic nitrogens is 2. The lowest BCUT2D eigenvalue weighted by Crippen LogP contribution is -2.51. The van der Waals surface area contributed by atoms with Crippen molar-refractivity contribution in [2.24, 2.45) is 0 Å². The lowest BCUT2D eigenvalue weighted by Gasteiger charge is -2.39. The fourth-order valence-corrected chi connectivity index (χ4v) is 9.09. The summed E-state index contributed by atoms with van der Waals surface area (Å²) in [5.41, 5.74) is 0.454. The van der Waals surface area contributed by atoms with Gasteiger partial charge < -0.3 is 28.8 Å².